The summed E-state index contributed by atoms with van der Waals surface area (Å²) in [4.78, 5) is 16.5. The summed E-state index contributed by atoms with van der Waals surface area (Å²) < 4.78 is 7.18. The van der Waals surface area contributed by atoms with E-state index in [1.54, 1.807) is 12.6 Å². The van der Waals surface area contributed by atoms with E-state index in [-0.39, 0.29) is 12.1 Å². The van der Waals surface area contributed by atoms with Gasteiger partial charge in [0.05, 0.1) is 18.8 Å². The van der Waals surface area contributed by atoms with Gasteiger partial charge in [-0.3, -0.25) is 4.90 Å². The van der Waals surface area contributed by atoms with Crippen molar-refractivity contribution in [3.05, 3.63) is 36.3 Å². The summed E-state index contributed by atoms with van der Waals surface area (Å²) in [5, 5.41) is 10.8. The molecular weight excluding hydrogens is 296 g/mol. The fourth-order valence-electron chi connectivity index (χ4n) is 2.76. The van der Waals surface area contributed by atoms with Crippen LogP contribution in [0.25, 0.3) is 0 Å². The highest BCUT2D eigenvalue weighted by molar-refractivity contribution is 5.74. The minimum Gasteiger partial charge on any atom is -0.468 e. The quantitative estimate of drug-likeness (QED) is 0.909. The van der Waals surface area contributed by atoms with Crippen LogP contribution in [0.2, 0.25) is 0 Å². The molecule has 1 saturated heterocycles. The Morgan fingerprint density at radius 2 is 2.17 bits per heavy atom. The number of urea groups is 1. The summed E-state index contributed by atoms with van der Waals surface area (Å²) in [6.07, 6.45) is 3.32. The van der Waals surface area contributed by atoms with Gasteiger partial charge in [0.25, 0.3) is 0 Å². The largest absolute Gasteiger partial charge is 0.468 e. The van der Waals surface area contributed by atoms with E-state index in [0.29, 0.717) is 13.1 Å². The molecule has 2 aromatic rings. The SMILES string of the molecule is C[C@@H](NC(=O)N1CCN(Cc2ccco2)CC1)c1nncn1C. The lowest BCUT2D eigenvalue weighted by atomic mass is 10.3. The summed E-state index contributed by atoms with van der Waals surface area (Å²) in [7, 11) is 1.87. The van der Waals surface area contributed by atoms with Crippen molar-refractivity contribution < 1.29 is 9.21 Å². The van der Waals surface area contributed by atoms with Gasteiger partial charge in [-0.05, 0) is 19.1 Å². The van der Waals surface area contributed by atoms with Gasteiger partial charge in [0, 0.05) is 33.2 Å². The van der Waals surface area contributed by atoms with Gasteiger partial charge in [-0.1, -0.05) is 0 Å². The summed E-state index contributed by atoms with van der Waals surface area (Å²) >= 11 is 0. The highest BCUT2D eigenvalue weighted by atomic mass is 16.3. The Hall–Kier alpha value is -2.35. The number of nitrogens with zero attached hydrogens (tertiary/aromatic N) is 5. The van der Waals surface area contributed by atoms with Crippen LogP contribution in [0.4, 0.5) is 4.79 Å². The number of carbonyl (C=O) groups excluding carboxylic acids is 1. The second-order valence-corrected chi connectivity index (χ2v) is 5.81. The number of aryl methyl sites for hydroxylation is 1. The molecule has 3 rings (SSSR count). The molecule has 3 heterocycles. The monoisotopic (exact) mass is 318 g/mol. The minimum atomic E-state index is -0.170. The second-order valence-electron chi connectivity index (χ2n) is 5.81. The molecule has 0 aliphatic carbocycles. The first-order valence-electron chi connectivity index (χ1n) is 7.77. The van der Waals surface area contributed by atoms with Crippen LogP contribution in [0.15, 0.2) is 29.1 Å². The predicted octanol–water partition coefficient (Wildman–Crippen LogP) is 0.996. The number of hydrogen-bond acceptors (Lipinski definition) is 5. The highest BCUT2D eigenvalue weighted by Gasteiger charge is 2.23. The summed E-state index contributed by atoms with van der Waals surface area (Å²) in [5.41, 5.74) is 0. The number of amides is 2. The van der Waals surface area contributed by atoms with Crippen molar-refractivity contribution in [2.45, 2.75) is 19.5 Å². The first kappa shape index (κ1) is 15.5. The molecule has 23 heavy (non-hydrogen) atoms. The number of nitrogens with one attached hydrogen (secondary N) is 1. The molecule has 0 unspecified atom stereocenters. The molecule has 1 N–H and O–H groups in total. The number of carbonyl (C=O) groups is 1. The molecule has 1 aliphatic rings. The van der Waals surface area contributed by atoms with Crippen LogP contribution in [0.3, 0.4) is 0 Å². The Morgan fingerprint density at radius 1 is 1.39 bits per heavy atom. The van der Waals surface area contributed by atoms with Crippen molar-refractivity contribution in [1.29, 1.82) is 0 Å². The third-order valence-corrected chi connectivity index (χ3v) is 4.09. The molecule has 124 valence electrons. The first-order valence-corrected chi connectivity index (χ1v) is 7.77. The zero-order valence-corrected chi connectivity index (χ0v) is 13.5. The lowest BCUT2D eigenvalue weighted by Crippen LogP contribution is -2.51. The van der Waals surface area contributed by atoms with Crippen LogP contribution in [0.5, 0.6) is 0 Å². The van der Waals surface area contributed by atoms with E-state index in [2.05, 4.69) is 20.4 Å². The van der Waals surface area contributed by atoms with Gasteiger partial charge in [0.2, 0.25) is 0 Å². The Morgan fingerprint density at radius 3 is 2.78 bits per heavy atom. The number of hydrogen-bond donors (Lipinski definition) is 1. The minimum absolute atomic E-state index is 0.0573. The van der Waals surface area contributed by atoms with Crippen LogP contribution in [0, 0.1) is 0 Å². The van der Waals surface area contributed by atoms with Gasteiger partial charge in [0.1, 0.15) is 12.1 Å². The van der Waals surface area contributed by atoms with Crippen molar-refractivity contribution in [3.63, 3.8) is 0 Å². The van der Waals surface area contributed by atoms with E-state index in [4.69, 9.17) is 4.42 Å². The Balaban J connectivity index is 1.47. The Bertz CT molecular complexity index is 630. The van der Waals surface area contributed by atoms with Gasteiger partial charge in [0.15, 0.2) is 5.82 Å². The lowest BCUT2D eigenvalue weighted by Gasteiger charge is -2.34. The molecule has 0 aromatic carbocycles. The van der Waals surface area contributed by atoms with E-state index < -0.39 is 0 Å². The molecule has 0 bridgehead atoms. The molecule has 0 saturated carbocycles. The first-order chi connectivity index (χ1) is 11.1. The van der Waals surface area contributed by atoms with Crippen LogP contribution in [-0.2, 0) is 13.6 Å². The van der Waals surface area contributed by atoms with Gasteiger partial charge < -0.3 is 19.2 Å². The van der Waals surface area contributed by atoms with Gasteiger partial charge in [-0.25, -0.2) is 4.79 Å². The Kier molecular flexibility index (Phi) is 4.61. The molecule has 0 spiro atoms. The van der Waals surface area contributed by atoms with E-state index >= 15 is 0 Å². The molecule has 1 atom stereocenters. The molecule has 8 heteroatoms. The maximum Gasteiger partial charge on any atom is 0.318 e. The molecule has 1 aliphatic heterocycles. The van der Waals surface area contributed by atoms with Crippen LogP contribution < -0.4 is 5.32 Å². The fourth-order valence-corrected chi connectivity index (χ4v) is 2.76. The number of rotatable bonds is 4. The van der Waals surface area contributed by atoms with E-state index in [9.17, 15) is 4.79 Å². The van der Waals surface area contributed by atoms with Gasteiger partial charge in [-0.15, -0.1) is 10.2 Å². The van der Waals surface area contributed by atoms with Crippen molar-refractivity contribution in [2.75, 3.05) is 26.2 Å². The normalized spacial score (nSPS) is 17.2. The number of piperazine rings is 1. The van der Waals surface area contributed by atoms with Crippen molar-refractivity contribution >= 4 is 6.03 Å². The lowest BCUT2D eigenvalue weighted by molar-refractivity contribution is 0.128. The van der Waals surface area contributed by atoms with E-state index in [0.717, 1.165) is 31.2 Å². The number of aromatic nitrogens is 3. The zero-order valence-electron chi connectivity index (χ0n) is 13.5. The molecule has 2 amide bonds. The van der Waals surface area contributed by atoms with Crippen LogP contribution in [-0.4, -0.2) is 56.8 Å². The van der Waals surface area contributed by atoms with E-state index in [1.807, 2.05) is 35.6 Å². The molecular formula is C15H22N6O2. The fraction of sp³-hybridized carbons (Fsp3) is 0.533. The third kappa shape index (κ3) is 3.70. The van der Waals surface area contributed by atoms with E-state index in [1.165, 1.54) is 0 Å². The van der Waals surface area contributed by atoms with Gasteiger partial charge in [-0.2, -0.15) is 0 Å². The Labute approximate surface area is 135 Å². The van der Waals surface area contributed by atoms with Crippen molar-refractivity contribution in [2.24, 2.45) is 7.05 Å². The predicted molar refractivity (Wildman–Crippen MR) is 83.5 cm³/mol. The maximum absolute atomic E-state index is 12.4. The smallest absolute Gasteiger partial charge is 0.318 e. The standard InChI is InChI=1S/C15H22N6O2/c1-12(14-18-16-11-19(14)2)17-15(22)21-7-5-20(6-8-21)10-13-4-3-9-23-13/h3-4,9,11-12H,5-8,10H2,1-2H3,(H,17,22)/t12-/m1/s1. The summed E-state index contributed by atoms with van der Waals surface area (Å²) in [5.74, 6) is 1.70. The summed E-state index contributed by atoms with van der Waals surface area (Å²) in [6, 6.07) is 3.64. The van der Waals surface area contributed by atoms with Crippen molar-refractivity contribution in [3.8, 4) is 0 Å². The van der Waals surface area contributed by atoms with Crippen LogP contribution in [0.1, 0.15) is 24.6 Å². The second kappa shape index (κ2) is 6.82. The highest BCUT2D eigenvalue weighted by Crippen LogP contribution is 2.11. The van der Waals surface area contributed by atoms with Gasteiger partial charge >= 0.3 is 6.03 Å². The molecule has 1 fully saturated rings. The molecule has 2 aromatic heterocycles. The topological polar surface area (TPSA) is 79.4 Å². The average molecular weight is 318 g/mol. The number of furan rings is 1. The van der Waals surface area contributed by atoms with Crippen LogP contribution >= 0.6 is 0 Å². The molecule has 8 nitrogen and oxygen atoms in total. The summed E-state index contributed by atoms with van der Waals surface area (Å²) in [6.45, 7) is 5.79. The zero-order chi connectivity index (χ0) is 16.2. The molecule has 0 radical (unpaired) electrons. The van der Waals surface area contributed by atoms with Crippen molar-refractivity contribution in [1.82, 2.24) is 29.9 Å². The average Bonchev–Trinajstić information content (AvgIpc) is 3.19. The third-order valence-electron chi connectivity index (χ3n) is 4.09. The maximum atomic E-state index is 12.4.